The maximum atomic E-state index is 13.5. The van der Waals surface area contributed by atoms with Crippen molar-refractivity contribution in [1.29, 1.82) is 0 Å². The molecule has 4 aliphatic rings. The molecule has 3 amide bonds. The lowest BCUT2D eigenvalue weighted by atomic mass is 10.0. The van der Waals surface area contributed by atoms with Crippen molar-refractivity contribution in [3.63, 3.8) is 0 Å². The van der Waals surface area contributed by atoms with E-state index in [2.05, 4.69) is 63.8 Å². The number of aromatic nitrogens is 4. The van der Waals surface area contributed by atoms with Gasteiger partial charge in [0.05, 0.1) is 23.5 Å². The topological polar surface area (TPSA) is 147 Å². The summed E-state index contributed by atoms with van der Waals surface area (Å²) in [7, 11) is 0. The molecule has 4 N–H and O–H groups in total. The Bertz CT molecular complexity index is 1850. The van der Waals surface area contributed by atoms with Crippen LogP contribution in [0.2, 0.25) is 0 Å². The summed E-state index contributed by atoms with van der Waals surface area (Å²) in [4.78, 5) is 57.4. The highest BCUT2D eigenvalue weighted by atomic mass is 16.4. The third kappa shape index (κ3) is 5.27. The summed E-state index contributed by atoms with van der Waals surface area (Å²) in [5, 5.41) is 11.7. The van der Waals surface area contributed by atoms with E-state index in [0.29, 0.717) is 17.9 Å². The molecule has 8 rings (SSSR count). The molecule has 2 aromatic heterocycles. The molecule has 2 aliphatic carbocycles. The number of fused-ring (bicyclic) bond motifs is 2. The fourth-order valence-corrected chi connectivity index (χ4v) is 7.96. The lowest BCUT2D eigenvalue weighted by molar-refractivity contribution is -0.136. The van der Waals surface area contributed by atoms with E-state index in [0.717, 1.165) is 71.0 Å². The maximum Gasteiger partial charge on any atom is 0.405 e. The van der Waals surface area contributed by atoms with Crippen molar-refractivity contribution in [3.05, 3.63) is 72.6 Å². The highest BCUT2D eigenvalue weighted by Crippen LogP contribution is 2.54. The number of imidazole rings is 2. The molecule has 47 heavy (non-hydrogen) atoms. The third-order valence-corrected chi connectivity index (χ3v) is 10.6. The van der Waals surface area contributed by atoms with E-state index < -0.39 is 12.1 Å². The zero-order chi connectivity index (χ0) is 32.6. The van der Waals surface area contributed by atoms with Crippen molar-refractivity contribution >= 4 is 17.9 Å². The van der Waals surface area contributed by atoms with Crippen molar-refractivity contribution in [3.8, 4) is 33.6 Å². The molecule has 2 saturated heterocycles. The summed E-state index contributed by atoms with van der Waals surface area (Å²) in [5.41, 5.74) is 5.83. The molecule has 1 unspecified atom stereocenters. The van der Waals surface area contributed by atoms with Crippen LogP contribution >= 0.6 is 0 Å². The standard InChI is InChI=1S/C36H39N7O4/c1-18(2)32(41-36(46)47)35(45)43-29-13-25(29)15-31(43)34-38-17-27(40-34)23-10-6-21(7-11-23)20-4-8-22(9-5-20)26-16-37-33(39-26)30-14-24-12-28(24)42(30)19(3)44/h4-11,16-18,24-25,28-32,41H,12-15H2,1-3H3,(H,37,39)(H,38,40)(H,46,47)/t24?,25-,28-,29-,30+,31+,32+/m1/s1. The Morgan fingerprint density at radius 1 is 0.745 bits per heavy atom. The molecule has 2 saturated carbocycles. The third-order valence-electron chi connectivity index (χ3n) is 10.6. The largest absolute Gasteiger partial charge is 0.465 e. The Morgan fingerprint density at radius 3 is 1.64 bits per heavy atom. The molecule has 11 heteroatoms. The van der Waals surface area contributed by atoms with Gasteiger partial charge in [0.15, 0.2) is 0 Å². The number of carboxylic acid groups (broad SMARTS) is 1. The van der Waals surface area contributed by atoms with Crippen LogP contribution in [0, 0.1) is 17.8 Å². The molecule has 4 fully saturated rings. The number of carbonyl (C=O) groups is 3. The van der Waals surface area contributed by atoms with Gasteiger partial charge in [-0.25, -0.2) is 14.8 Å². The zero-order valence-corrected chi connectivity index (χ0v) is 26.7. The van der Waals surface area contributed by atoms with Gasteiger partial charge in [-0.15, -0.1) is 0 Å². The molecule has 2 aromatic carbocycles. The number of aromatic amines is 2. The predicted molar refractivity (Wildman–Crippen MR) is 175 cm³/mol. The SMILES string of the molecule is CC(=O)N1[C@@H]2CC2C[C@H]1c1nc(-c2ccc(-c3ccc(-c4c[nH]c([C@@H]5C[C@H]6C[C@H]6N5C(=O)[C@@H](NC(=O)O)C(C)C)n4)cc3)cc2)c[nH]1. The van der Waals surface area contributed by atoms with E-state index in [4.69, 9.17) is 9.97 Å². The maximum absolute atomic E-state index is 13.5. The average Bonchev–Trinajstić information content (AvgIpc) is 3.66. The number of benzene rings is 2. The second-order valence-corrected chi connectivity index (χ2v) is 14.0. The van der Waals surface area contributed by atoms with Gasteiger partial charge >= 0.3 is 6.09 Å². The second-order valence-electron chi connectivity index (χ2n) is 14.0. The number of likely N-dealkylation sites (tertiary alicyclic amines) is 2. The number of piperidine rings is 2. The van der Waals surface area contributed by atoms with Gasteiger partial charge in [-0.3, -0.25) is 9.59 Å². The first kappa shape index (κ1) is 29.5. The quantitative estimate of drug-likeness (QED) is 0.194. The van der Waals surface area contributed by atoms with E-state index in [-0.39, 0.29) is 35.9 Å². The van der Waals surface area contributed by atoms with Crippen LogP contribution in [-0.4, -0.2) is 70.9 Å². The van der Waals surface area contributed by atoms with Crippen LogP contribution in [0.5, 0.6) is 0 Å². The smallest absolute Gasteiger partial charge is 0.405 e. The van der Waals surface area contributed by atoms with Crippen LogP contribution in [0.1, 0.15) is 70.2 Å². The van der Waals surface area contributed by atoms with E-state index >= 15 is 0 Å². The first-order chi connectivity index (χ1) is 22.7. The second kappa shape index (κ2) is 11.1. The number of nitrogens with zero attached hydrogens (tertiary/aromatic N) is 4. The summed E-state index contributed by atoms with van der Waals surface area (Å²) in [6, 6.07) is 16.2. The van der Waals surface area contributed by atoms with Gasteiger partial charge in [0.25, 0.3) is 0 Å². The summed E-state index contributed by atoms with van der Waals surface area (Å²) >= 11 is 0. The van der Waals surface area contributed by atoms with Gasteiger partial charge in [-0.05, 0) is 54.6 Å². The van der Waals surface area contributed by atoms with Gasteiger partial charge < -0.3 is 30.2 Å². The average molecular weight is 634 g/mol. The zero-order valence-electron chi connectivity index (χ0n) is 26.7. The number of rotatable bonds is 8. The van der Waals surface area contributed by atoms with Gasteiger partial charge in [0.2, 0.25) is 11.8 Å². The van der Waals surface area contributed by atoms with Crippen LogP contribution in [0.25, 0.3) is 33.6 Å². The first-order valence-electron chi connectivity index (χ1n) is 16.6. The Labute approximate surface area is 272 Å². The summed E-state index contributed by atoms with van der Waals surface area (Å²) < 4.78 is 0. The predicted octanol–water partition coefficient (Wildman–Crippen LogP) is 5.77. The lowest BCUT2D eigenvalue weighted by Gasteiger charge is -2.31. The number of hydrogen-bond acceptors (Lipinski definition) is 5. The number of nitrogens with one attached hydrogen (secondary N) is 3. The minimum Gasteiger partial charge on any atom is -0.465 e. The highest BCUT2D eigenvalue weighted by molar-refractivity contribution is 5.87. The van der Waals surface area contributed by atoms with Crippen molar-refractivity contribution in [2.24, 2.45) is 17.8 Å². The molecular weight excluding hydrogens is 594 g/mol. The minimum absolute atomic E-state index is 0.0388. The number of carbonyl (C=O) groups excluding carboxylic acids is 2. The van der Waals surface area contributed by atoms with Crippen LogP contribution in [-0.2, 0) is 9.59 Å². The number of amides is 3. The Hall–Kier alpha value is -4.93. The van der Waals surface area contributed by atoms with Crippen LogP contribution in [0.3, 0.4) is 0 Å². The van der Waals surface area contributed by atoms with Gasteiger partial charge in [-0.2, -0.15) is 0 Å². The monoisotopic (exact) mass is 633 g/mol. The summed E-state index contributed by atoms with van der Waals surface area (Å²) in [6.07, 6.45) is 6.50. The summed E-state index contributed by atoms with van der Waals surface area (Å²) in [5.74, 6) is 2.43. The minimum atomic E-state index is -1.19. The van der Waals surface area contributed by atoms with Gasteiger partial charge in [-0.1, -0.05) is 62.4 Å². The molecule has 242 valence electrons. The molecule has 11 nitrogen and oxygen atoms in total. The molecule has 4 heterocycles. The normalized spacial score (nSPS) is 26.2. The molecule has 4 aromatic rings. The van der Waals surface area contributed by atoms with E-state index in [9.17, 15) is 19.5 Å². The number of hydrogen-bond donors (Lipinski definition) is 4. The van der Waals surface area contributed by atoms with E-state index in [1.54, 1.807) is 6.92 Å². The number of H-pyrrole nitrogens is 2. The molecule has 0 radical (unpaired) electrons. The lowest BCUT2D eigenvalue weighted by Crippen LogP contribution is -2.51. The Morgan fingerprint density at radius 2 is 1.19 bits per heavy atom. The van der Waals surface area contributed by atoms with Crippen molar-refractivity contribution in [2.45, 2.75) is 76.7 Å². The van der Waals surface area contributed by atoms with E-state index in [1.807, 2.05) is 36.0 Å². The molecule has 7 atom stereocenters. The highest BCUT2D eigenvalue weighted by Gasteiger charge is 2.56. The first-order valence-corrected chi connectivity index (χ1v) is 16.6. The fourth-order valence-electron chi connectivity index (χ4n) is 7.96. The van der Waals surface area contributed by atoms with Gasteiger partial charge in [0.1, 0.15) is 17.7 Å². The van der Waals surface area contributed by atoms with Crippen LogP contribution in [0.15, 0.2) is 60.9 Å². The fraction of sp³-hybridized carbons (Fsp3) is 0.417. The van der Waals surface area contributed by atoms with Crippen molar-refractivity contribution in [1.82, 2.24) is 35.1 Å². The van der Waals surface area contributed by atoms with Crippen LogP contribution < -0.4 is 5.32 Å². The Balaban J connectivity index is 0.950. The van der Waals surface area contributed by atoms with Crippen molar-refractivity contribution < 1.29 is 19.5 Å². The van der Waals surface area contributed by atoms with Crippen molar-refractivity contribution in [2.75, 3.05) is 0 Å². The Kier molecular flexibility index (Phi) is 6.96. The molecule has 0 bridgehead atoms. The van der Waals surface area contributed by atoms with Gasteiger partial charge in [0, 0.05) is 42.5 Å². The molecule has 0 spiro atoms. The summed E-state index contributed by atoms with van der Waals surface area (Å²) in [6.45, 7) is 5.36. The molecule has 2 aliphatic heterocycles. The molecular formula is C36H39N7O4. The van der Waals surface area contributed by atoms with Crippen LogP contribution in [0.4, 0.5) is 4.79 Å². The van der Waals surface area contributed by atoms with E-state index in [1.165, 1.54) is 0 Å².